The van der Waals surface area contributed by atoms with Gasteiger partial charge in [-0.15, -0.1) is 0 Å². The van der Waals surface area contributed by atoms with Gasteiger partial charge in [-0.05, 0) is 30.7 Å². The molecule has 2 nitrogen and oxygen atoms in total. The van der Waals surface area contributed by atoms with Crippen molar-refractivity contribution in [1.82, 2.24) is 5.32 Å². The molecule has 1 saturated heterocycles. The Morgan fingerprint density at radius 2 is 1.94 bits per heavy atom. The van der Waals surface area contributed by atoms with Crippen LogP contribution in [0.4, 0.5) is 13.2 Å². The summed E-state index contributed by atoms with van der Waals surface area (Å²) in [6, 6.07) is 5.22. The molecule has 94 valence electrons. The Balaban J connectivity index is 1.98. The standard InChI is InChI=1S/C12H14F3NO/c13-12(14,15)10-4-2-9(3-5-10)8-11-16-6-1-7-17-11/h2-5,11,16H,1,6-8H2. The molecule has 0 bridgehead atoms. The van der Waals surface area contributed by atoms with Crippen LogP contribution in [-0.2, 0) is 17.3 Å². The smallest absolute Gasteiger partial charge is 0.363 e. The van der Waals surface area contributed by atoms with Crippen molar-refractivity contribution in [2.75, 3.05) is 13.2 Å². The molecule has 1 heterocycles. The van der Waals surface area contributed by atoms with Gasteiger partial charge < -0.3 is 4.74 Å². The van der Waals surface area contributed by atoms with E-state index in [1.54, 1.807) is 0 Å². The quantitative estimate of drug-likeness (QED) is 0.864. The molecule has 1 aliphatic heterocycles. The summed E-state index contributed by atoms with van der Waals surface area (Å²) in [7, 11) is 0. The molecule has 0 amide bonds. The first-order valence-corrected chi connectivity index (χ1v) is 5.57. The fourth-order valence-electron chi connectivity index (χ4n) is 1.79. The van der Waals surface area contributed by atoms with Crippen LogP contribution in [0.3, 0.4) is 0 Å². The highest BCUT2D eigenvalue weighted by molar-refractivity contribution is 5.25. The Kier molecular flexibility index (Phi) is 3.69. The maximum atomic E-state index is 12.3. The highest BCUT2D eigenvalue weighted by Crippen LogP contribution is 2.29. The highest BCUT2D eigenvalue weighted by Gasteiger charge is 2.30. The minimum atomic E-state index is -4.27. The van der Waals surface area contributed by atoms with E-state index in [1.807, 2.05) is 0 Å². The third-order valence-corrected chi connectivity index (χ3v) is 2.71. The van der Waals surface area contributed by atoms with Gasteiger partial charge >= 0.3 is 6.18 Å². The second kappa shape index (κ2) is 5.06. The van der Waals surface area contributed by atoms with Crippen molar-refractivity contribution in [2.45, 2.75) is 25.2 Å². The molecule has 0 aromatic heterocycles. The average Bonchev–Trinajstić information content (AvgIpc) is 2.30. The van der Waals surface area contributed by atoms with E-state index in [0.717, 1.165) is 30.7 Å². The first kappa shape index (κ1) is 12.4. The molecule has 1 fully saturated rings. The number of benzene rings is 1. The van der Waals surface area contributed by atoms with Crippen molar-refractivity contribution < 1.29 is 17.9 Å². The van der Waals surface area contributed by atoms with Gasteiger partial charge in [0.25, 0.3) is 0 Å². The summed E-state index contributed by atoms with van der Waals surface area (Å²) >= 11 is 0. The van der Waals surface area contributed by atoms with Crippen molar-refractivity contribution >= 4 is 0 Å². The minimum Gasteiger partial charge on any atom is -0.363 e. The van der Waals surface area contributed by atoms with Crippen molar-refractivity contribution in [3.05, 3.63) is 35.4 Å². The molecule has 2 rings (SSSR count). The number of nitrogens with one attached hydrogen (secondary N) is 1. The van der Waals surface area contributed by atoms with Gasteiger partial charge in [-0.1, -0.05) is 12.1 Å². The SMILES string of the molecule is FC(F)(F)c1ccc(CC2NCCCO2)cc1. The maximum Gasteiger partial charge on any atom is 0.416 e. The summed E-state index contributed by atoms with van der Waals surface area (Å²) in [4.78, 5) is 0. The van der Waals surface area contributed by atoms with E-state index < -0.39 is 11.7 Å². The lowest BCUT2D eigenvalue weighted by Gasteiger charge is -2.24. The lowest BCUT2D eigenvalue weighted by Crippen LogP contribution is -2.39. The van der Waals surface area contributed by atoms with E-state index >= 15 is 0 Å². The predicted octanol–water partition coefficient (Wildman–Crippen LogP) is 2.58. The zero-order valence-electron chi connectivity index (χ0n) is 9.26. The van der Waals surface area contributed by atoms with E-state index in [2.05, 4.69) is 5.32 Å². The highest BCUT2D eigenvalue weighted by atomic mass is 19.4. The summed E-state index contributed by atoms with van der Waals surface area (Å²) in [6.45, 7) is 1.60. The number of rotatable bonds is 2. The third-order valence-electron chi connectivity index (χ3n) is 2.71. The van der Waals surface area contributed by atoms with E-state index in [0.29, 0.717) is 13.0 Å². The fourth-order valence-corrected chi connectivity index (χ4v) is 1.79. The molecular formula is C12H14F3NO. The Labute approximate surface area is 97.8 Å². The third kappa shape index (κ3) is 3.44. The summed E-state index contributed by atoms with van der Waals surface area (Å²) in [6.07, 6.45) is -2.78. The lowest BCUT2D eigenvalue weighted by molar-refractivity contribution is -0.137. The predicted molar refractivity (Wildman–Crippen MR) is 57.5 cm³/mol. The van der Waals surface area contributed by atoms with Crippen LogP contribution in [0.1, 0.15) is 17.5 Å². The van der Waals surface area contributed by atoms with Crippen LogP contribution in [0, 0.1) is 0 Å². The van der Waals surface area contributed by atoms with Crippen molar-refractivity contribution in [2.24, 2.45) is 0 Å². The van der Waals surface area contributed by atoms with Gasteiger partial charge in [0, 0.05) is 13.0 Å². The van der Waals surface area contributed by atoms with Crippen LogP contribution in [0.5, 0.6) is 0 Å². The van der Waals surface area contributed by atoms with Gasteiger partial charge in [-0.2, -0.15) is 13.2 Å². The lowest BCUT2D eigenvalue weighted by atomic mass is 10.1. The monoisotopic (exact) mass is 245 g/mol. The molecule has 0 radical (unpaired) electrons. The molecular weight excluding hydrogens is 231 g/mol. The van der Waals surface area contributed by atoms with Crippen LogP contribution >= 0.6 is 0 Å². The molecule has 0 spiro atoms. The Morgan fingerprint density at radius 3 is 2.47 bits per heavy atom. The van der Waals surface area contributed by atoms with Gasteiger partial charge in [0.15, 0.2) is 0 Å². The van der Waals surface area contributed by atoms with Gasteiger partial charge in [0.05, 0.1) is 5.56 Å². The van der Waals surface area contributed by atoms with Crippen LogP contribution in [0.2, 0.25) is 0 Å². The Morgan fingerprint density at radius 1 is 1.24 bits per heavy atom. The molecule has 1 aliphatic rings. The van der Waals surface area contributed by atoms with Crippen LogP contribution in [-0.4, -0.2) is 19.4 Å². The fraction of sp³-hybridized carbons (Fsp3) is 0.500. The second-order valence-electron chi connectivity index (χ2n) is 4.07. The molecule has 1 unspecified atom stereocenters. The molecule has 1 atom stereocenters. The van der Waals surface area contributed by atoms with E-state index in [9.17, 15) is 13.2 Å². The van der Waals surface area contributed by atoms with Crippen LogP contribution in [0.25, 0.3) is 0 Å². The molecule has 17 heavy (non-hydrogen) atoms. The molecule has 1 N–H and O–H groups in total. The largest absolute Gasteiger partial charge is 0.416 e. The van der Waals surface area contributed by atoms with Crippen molar-refractivity contribution in [1.29, 1.82) is 0 Å². The van der Waals surface area contributed by atoms with E-state index in [1.165, 1.54) is 12.1 Å². The molecule has 0 aliphatic carbocycles. The van der Waals surface area contributed by atoms with Gasteiger partial charge in [-0.25, -0.2) is 0 Å². The zero-order valence-corrected chi connectivity index (χ0v) is 9.26. The van der Waals surface area contributed by atoms with Gasteiger partial charge in [-0.3, -0.25) is 5.32 Å². The first-order valence-electron chi connectivity index (χ1n) is 5.57. The molecule has 1 aromatic rings. The Hall–Kier alpha value is -1.07. The van der Waals surface area contributed by atoms with Crippen LogP contribution < -0.4 is 5.32 Å². The number of halogens is 3. The average molecular weight is 245 g/mol. The second-order valence-corrected chi connectivity index (χ2v) is 4.07. The molecule has 0 saturated carbocycles. The number of hydrogen-bond acceptors (Lipinski definition) is 2. The topological polar surface area (TPSA) is 21.3 Å². The number of ether oxygens (including phenoxy) is 1. The summed E-state index contributed by atoms with van der Waals surface area (Å²) < 4.78 is 42.5. The van der Waals surface area contributed by atoms with E-state index in [4.69, 9.17) is 4.74 Å². The van der Waals surface area contributed by atoms with Crippen molar-refractivity contribution in [3.8, 4) is 0 Å². The van der Waals surface area contributed by atoms with Gasteiger partial charge in [0.1, 0.15) is 6.23 Å². The van der Waals surface area contributed by atoms with Gasteiger partial charge in [0.2, 0.25) is 0 Å². The summed E-state index contributed by atoms with van der Waals surface area (Å²) in [5, 5.41) is 3.17. The normalized spacial score (nSPS) is 21.5. The minimum absolute atomic E-state index is 0.0829. The number of alkyl halides is 3. The molecule has 1 aromatic carbocycles. The van der Waals surface area contributed by atoms with Crippen LogP contribution in [0.15, 0.2) is 24.3 Å². The number of hydrogen-bond donors (Lipinski definition) is 1. The van der Waals surface area contributed by atoms with E-state index in [-0.39, 0.29) is 6.23 Å². The summed E-state index contributed by atoms with van der Waals surface area (Å²) in [5.74, 6) is 0. The Bertz CT molecular complexity index is 355. The molecule has 5 heteroatoms. The summed E-state index contributed by atoms with van der Waals surface area (Å²) in [5.41, 5.74) is 0.233. The zero-order chi connectivity index (χ0) is 12.3. The first-order chi connectivity index (χ1) is 8.05. The maximum absolute atomic E-state index is 12.3. The van der Waals surface area contributed by atoms with Crippen molar-refractivity contribution in [3.63, 3.8) is 0 Å².